The maximum atomic E-state index is 11.4. The van der Waals surface area contributed by atoms with Gasteiger partial charge < -0.3 is 14.0 Å². The van der Waals surface area contributed by atoms with Crippen LogP contribution in [-0.4, -0.2) is 30.7 Å². The van der Waals surface area contributed by atoms with E-state index in [1.54, 1.807) is 0 Å². The first kappa shape index (κ1) is 13.3. The second-order valence-electron chi connectivity index (χ2n) is 3.66. The number of hydrogen-bond donors (Lipinski definition) is 0. The molecule has 0 spiro atoms. The van der Waals surface area contributed by atoms with Crippen molar-refractivity contribution in [1.29, 1.82) is 0 Å². The van der Waals surface area contributed by atoms with Crippen LogP contribution < -0.4 is 0 Å². The molecule has 0 radical (unpaired) electrons. The topological polar surface area (TPSA) is 57.5 Å². The molecular weight excluding hydrogens is 222 g/mol. The van der Waals surface area contributed by atoms with Gasteiger partial charge >= 0.3 is 11.9 Å². The molecule has 0 saturated carbocycles. The third kappa shape index (κ3) is 3.94. The molecule has 0 aliphatic rings. The van der Waals surface area contributed by atoms with Crippen molar-refractivity contribution in [3.05, 3.63) is 24.5 Å². The van der Waals surface area contributed by atoms with Crippen molar-refractivity contribution in [2.24, 2.45) is 5.92 Å². The van der Waals surface area contributed by atoms with E-state index in [1.807, 2.05) is 29.1 Å². The van der Waals surface area contributed by atoms with Crippen molar-refractivity contribution < 1.29 is 19.1 Å². The fourth-order valence-electron chi connectivity index (χ4n) is 1.61. The lowest BCUT2D eigenvalue weighted by molar-refractivity contribution is -0.159. The predicted octanol–water partition coefficient (Wildman–Crippen LogP) is 1.23. The van der Waals surface area contributed by atoms with Gasteiger partial charge in [-0.05, 0) is 25.0 Å². The fraction of sp³-hybridized carbons (Fsp3) is 0.500. The first-order valence-corrected chi connectivity index (χ1v) is 5.45. The zero-order valence-corrected chi connectivity index (χ0v) is 10.1. The Labute approximate surface area is 100 Å². The Morgan fingerprint density at radius 2 is 1.65 bits per heavy atom. The summed E-state index contributed by atoms with van der Waals surface area (Å²) in [6.07, 6.45) is 5.01. The van der Waals surface area contributed by atoms with Crippen LogP contribution in [0.4, 0.5) is 0 Å². The van der Waals surface area contributed by atoms with Crippen molar-refractivity contribution in [3.63, 3.8) is 0 Å². The maximum Gasteiger partial charge on any atom is 0.320 e. The van der Waals surface area contributed by atoms with Gasteiger partial charge in [0.2, 0.25) is 0 Å². The van der Waals surface area contributed by atoms with Gasteiger partial charge in [0.05, 0.1) is 14.2 Å². The van der Waals surface area contributed by atoms with Crippen molar-refractivity contribution >= 4 is 11.9 Å². The Morgan fingerprint density at radius 1 is 1.12 bits per heavy atom. The highest BCUT2D eigenvalue weighted by molar-refractivity contribution is 5.94. The minimum Gasteiger partial charge on any atom is -0.468 e. The van der Waals surface area contributed by atoms with Gasteiger partial charge in [-0.2, -0.15) is 0 Å². The first-order chi connectivity index (χ1) is 8.19. The molecule has 0 atom stereocenters. The lowest BCUT2D eigenvalue weighted by Crippen LogP contribution is -2.26. The van der Waals surface area contributed by atoms with Crippen molar-refractivity contribution in [1.82, 2.24) is 4.57 Å². The normalized spacial score (nSPS) is 10.3. The molecule has 0 fully saturated rings. The number of aryl methyl sites for hydroxylation is 1. The number of carbonyl (C=O) groups is 2. The largest absolute Gasteiger partial charge is 0.468 e. The number of ether oxygens (including phenoxy) is 2. The molecule has 0 amide bonds. The second-order valence-corrected chi connectivity index (χ2v) is 3.66. The molecule has 1 aromatic rings. The molecule has 1 rings (SSSR count). The Bertz CT molecular complexity index is 343. The quantitative estimate of drug-likeness (QED) is 0.553. The first-order valence-electron chi connectivity index (χ1n) is 5.45. The summed E-state index contributed by atoms with van der Waals surface area (Å²) in [6.45, 7) is 0.761. The number of carbonyl (C=O) groups excluding carboxylic acids is 2. The number of rotatable bonds is 6. The zero-order chi connectivity index (χ0) is 12.7. The van der Waals surface area contributed by atoms with Crippen molar-refractivity contribution in [3.8, 4) is 0 Å². The second kappa shape index (κ2) is 6.73. The Morgan fingerprint density at radius 3 is 2.12 bits per heavy atom. The third-order valence-electron chi connectivity index (χ3n) is 2.55. The van der Waals surface area contributed by atoms with Crippen LogP contribution in [0.2, 0.25) is 0 Å². The van der Waals surface area contributed by atoms with Gasteiger partial charge in [0.25, 0.3) is 0 Å². The monoisotopic (exact) mass is 239 g/mol. The standard InChI is InChI=1S/C12H17NO4/c1-16-11(14)10(12(15)17-2)6-5-9-13-7-3-4-8-13/h3-4,7-8,10H,5-6,9H2,1-2H3. The van der Waals surface area contributed by atoms with E-state index < -0.39 is 17.9 Å². The van der Waals surface area contributed by atoms with E-state index in [0.717, 1.165) is 6.54 Å². The molecule has 5 heteroatoms. The van der Waals surface area contributed by atoms with Crippen LogP contribution >= 0.6 is 0 Å². The Hall–Kier alpha value is -1.78. The third-order valence-corrected chi connectivity index (χ3v) is 2.55. The number of nitrogens with zero attached hydrogens (tertiary/aromatic N) is 1. The fourth-order valence-corrected chi connectivity index (χ4v) is 1.61. The summed E-state index contributed by atoms with van der Waals surface area (Å²) in [7, 11) is 2.54. The van der Waals surface area contributed by atoms with Crippen LogP contribution in [0.1, 0.15) is 12.8 Å². The molecule has 94 valence electrons. The van der Waals surface area contributed by atoms with Crippen LogP contribution in [0.15, 0.2) is 24.5 Å². The summed E-state index contributed by atoms with van der Waals surface area (Å²) < 4.78 is 11.1. The predicted molar refractivity (Wildman–Crippen MR) is 61.2 cm³/mol. The van der Waals surface area contributed by atoms with Crippen LogP contribution in [0.5, 0.6) is 0 Å². The van der Waals surface area contributed by atoms with Gasteiger partial charge in [0.15, 0.2) is 5.92 Å². The van der Waals surface area contributed by atoms with Gasteiger partial charge in [0, 0.05) is 18.9 Å². The number of hydrogen-bond acceptors (Lipinski definition) is 4. The Kier molecular flexibility index (Phi) is 5.26. The minimum absolute atomic E-state index is 0.428. The highest BCUT2D eigenvalue weighted by atomic mass is 16.5. The van der Waals surface area contributed by atoms with Crippen LogP contribution in [-0.2, 0) is 25.6 Å². The average molecular weight is 239 g/mol. The number of esters is 2. The van der Waals surface area contributed by atoms with E-state index in [1.165, 1.54) is 14.2 Å². The van der Waals surface area contributed by atoms with Crippen LogP contribution in [0.3, 0.4) is 0 Å². The van der Waals surface area contributed by atoms with Crippen LogP contribution in [0, 0.1) is 5.92 Å². The summed E-state index contributed by atoms with van der Waals surface area (Å²) >= 11 is 0. The molecule has 0 aliphatic heterocycles. The maximum absolute atomic E-state index is 11.4. The highest BCUT2D eigenvalue weighted by Gasteiger charge is 2.27. The molecular formula is C12H17NO4. The molecule has 0 bridgehead atoms. The number of aromatic nitrogens is 1. The highest BCUT2D eigenvalue weighted by Crippen LogP contribution is 2.11. The van der Waals surface area contributed by atoms with E-state index in [-0.39, 0.29) is 0 Å². The Balaban J connectivity index is 2.44. The van der Waals surface area contributed by atoms with Crippen molar-refractivity contribution in [2.45, 2.75) is 19.4 Å². The molecule has 1 aromatic heterocycles. The lowest BCUT2D eigenvalue weighted by atomic mass is 10.0. The molecule has 0 N–H and O–H groups in total. The number of methoxy groups -OCH3 is 2. The molecule has 0 saturated heterocycles. The summed E-state index contributed by atoms with van der Waals surface area (Å²) in [5.74, 6) is -1.89. The van der Waals surface area contributed by atoms with Gasteiger partial charge in [0.1, 0.15) is 0 Å². The van der Waals surface area contributed by atoms with E-state index in [0.29, 0.717) is 12.8 Å². The molecule has 0 aliphatic carbocycles. The smallest absolute Gasteiger partial charge is 0.320 e. The molecule has 17 heavy (non-hydrogen) atoms. The van der Waals surface area contributed by atoms with Crippen LogP contribution in [0.25, 0.3) is 0 Å². The van der Waals surface area contributed by atoms with Gasteiger partial charge in [-0.15, -0.1) is 0 Å². The molecule has 0 aromatic carbocycles. The minimum atomic E-state index is -0.819. The van der Waals surface area contributed by atoms with E-state index in [2.05, 4.69) is 9.47 Å². The molecule has 0 unspecified atom stereocenters. The lowest BCUT2D eigenvalue weighted by Gasteiger charge is -2.12. The van der Waals surface area contributed by atoms with Crippen molar-refractivity contribution in [2.75, 3.05) is 14.2 Å². The van der Waals surface area contributed by atoms with E-state index in [9.17, 15) is 9.59 Å². The average Bonchev–Trinajstić information content (AvgIpc) is 2.86. The molecule has 1 heterocycles. The summed E-state index contributed by atoms with van der Waals surface area (Å²) in [5.41, 5.74) is 0. The summed E-state index contributed by atoms with van der Waals surface area (Å²) in [4.78, 5) is 22.7. The van der Waals surface area contributed by atoms with Gasteiger partial charge in [-0.1, -0.05) is 0 Å². The van der Waals surface area contributed by atoms with Gasteiger partial charge in [-0.3, -0.25) is 9.59 Å². The summed E-state index contributed by atoms with van der Waals surface area (Å²) in [5, 5.41) is 0. The van der Waals surface area contributed by atoms with E-state index >= 15 is 0 Å². The SMILES string of the molecule is COC(=O)C(CCCn1cccc1)C(=O)OC. The zero-order valence-electron chi connectivity index (χ0n) is 10.1. The van der Waals surface area contributed by atoms with E-state index in [4.69, 9.17) is 0 Å². The molecule has 5 nitrogen and oxygen atoms in total. The van der Waals surface area contributed by atoms with Gasteiger partial charge in [-0.25, -0.2) is 0 Å². The summed E-state index contributed by atoms with van der Waals surface area (Å²) in [6, 6.07) is 3.86.